The van der Waals surface area contributed by atoms with E-state index in [2.05, 4.69) is 6.92 Å². The number of benzene rings is 1. The minimum absolute atomic E-state index is 0.0671. The smallest absolute Gasteiger partial charge is 0.339 e. The number of hydrogen-bond acceptors (Lipinski definition) is 3. The minimum atomic E-state index is -1.11. The molecule has 0 unspecified atom stereocenters. The van der Waals surface area contributed by atoms with E-state index in [0.717, 1.165) is 6.42 Å². The molecule has 0 radical (unpaired) electrons. The zero-order valence-corrected chi connectivity index (χ0v) is 18.6. The maximum Gasteiger partial charge on any atom is 0.339 e. The maximum absolute atomic E-state index is 10.3. The summed E-state index contributed by atoms with van der Waals surface area (Å²) in [6.07, 6.45) is 22.2. The number of carboxylic acids is 1. The number of carboxylic acid groups (broad SMARTS) is 1. The van der Waals surface area contributed by atoms with Crippen LogP contribution < -0.4 is 0 Å². The third-order valence-electron chi connectivity index (χ3n) is 5.15. The molecular formula is C25H44O4. The third kappa shape index (κ3) is 18.2. The first-order valence-corrected chi connectivity index (χ1v) is 11.8. The number of aliphatic hydroxyl groups excluding tert-OH is 1. The van der Waals surface area contributed by atoms with Gasteiger partial charge in [0.25, 0.3) is 0 Å². The van der Waals surface area contributed by atoms with Gasteiger partial charge in [0.05, 0.1) is 0 Å². The van der Waals surface area contributed by atoms with Gasteiger partial charge in [-0.1, -0.05) is 115 Å². The van der Waals surface area contributed by atoms with Crippen LogP contribution in [0.4, 0.5) is 0 Å². The summed E-state index contributed by atoms with van der Waals surface area (Å²) in [7, 11) is 0. The van der Waals surface area contributed by atoms with Gasteiger partial charge in [-0.2, -0.15) is 0 Å². The van der Waals surface area contributed by atoms with Gasteiger partial charge < -0.3 is 15.3 Å². The van der Waals surface area contributed by atoms with Crippen LogP contribution >= 0.6 is 0 Å². The van der Waals surface area contributed by atoms with Gasteiger partial charge in [-0.25, -0.2) is 4.79 Å². The molecular weight excluding hydrogens is 364 g/mol. The van der Waals surface area contributed by atoms with Gasteiger partial charge in [0.15, 0.2) is 0 Å². The highest BCUT2D eigenvalue weighted by molar-refractivity contribution is 5.90. The van der Waals surface area contributed by atoms with Crippen molar-refractivity contribution in [1.82, 2.24) is 0 Å². The summed E-state index contributed by atoms with van der Waals surface area (Å²) in [6, 6.07) is 5.81. The molecule has 1 aromatic carbocycles. The Morgan fingerprint density at radius 3 is 1.38 bits per heavy atom. The standard InChI is InChI=1S/C18H38O.C7H6O3/c1-2-3-4-5-6-7-8-9-10-11-12-13-14-15-16-17-18-19;8-6-4-2-1-3-5(6)7(9)10/h19H,2-18H2,1H3;1-4,8H,(H,9,10). The number of phenols is 1. The van der Waals surface area contributed by atoms with Gasteiger partial charge in [0.1, 0.15) is 11.3 Å². The van der Waals surface area contributed by atoms with Crippen molar-refractivity contribution in [3.8, 4) is 5.75 Å². The summed E-state index contributed by atoms with van der Waals surface area (Å²) in [5, 5.41) is 26.0. The fraction of sp³-hybridized carbons (Fsp3) is 0.720. The van der Waals surface area contributed by atoms with Crippen LogP contribution in [-0.4, -0.2) is 27.9 Å². The molecule has 0 aliphatic heterocycles. The number of unbranched alkanes of at least 4 members (excludes halogenated alkanes) is 15. The average Bonchev–Trinajstić information content (AvgIpc) is 2.71. The Bertz CT molecular complexity index is 471. The lowest BCUT2D eigenvalue weighted by Gasteiger charge is -2.03. The van der Waals surface area contributed by atoms with E-state index in [1.165, 1.54) is 108 Å². The zero-order chi connectivity index (χ0) is 21.6. The molecule has 0 atom stereocenters. The molecule has 29 heavy (non-hydrogen) atoms. The number of aromatic carboxylic acids is 1. The first-order valence-electron chi connectivity index (χ1n) is 11.8. The molecule has 4 nitrogen and oxygen atoms in total. The summed E-state index contributed by atoms with van der Waals surface area (Å²) < 4.78 is 0. The Morgan fingerprint density at radius 2 is 1.07 bits per heavy atom. The van der Waals surface area contributed by atoms with Crippen LogP contribution in [-0.2, 0) is 0 Å². The lowest BCUT2D eigenvalue weighted by Crippen LogP contribution is -1.95. The molecule has 4 heteroatoms. The van der Waals surface area contributed by atoms with Gasteiger partial charge in [-0.05, 0) is 18.6 Å². The van der Waals surface area contributed by atoms with E-state index in [9.17, 15) is 4.79 Å². The zero-order valence-electron chi connectivity index (χ0n) is 18.6. The van der Waals surface area contributed by atoms with E-state index in [4.69, 9.17) is 15.3 Å². The van der Waals surface area contributed by atoms with Crippen molar-refractivity contribution in [2.24, 2.45) is 0 Å². The Morgan fingerprint density at radius 1 is 0.690 bits per heavy atom. The normalized spacial score (nSPS) is 10.4. The monoisotopic (exact) mass is 408 g/mol. The molecule has 3 N–H and O–H groups in total. The molecule has 0 saturated carbocycles. The van der Waals surface area contributed by atoms with Crippen molar-refractivity contribution >= 4 is 5.97 Å². The molecule has 0 saturated heterocycles. The molecule has 0 bridgehead atoms. The first kappa shape index (κ1) is 27.5. The van der Waals surface area contributed by atoms with Crippen LogP contribution in [0.15, 0.2) is 24.3 Å². The van der Waals surface area contributed by atoms with E-state index in [1.807, 2.05) is 0 Å². The highest BCUT2D eigenvalue weighted by atomic mass is 16.4. The molecule has 0 aliphatic rings. The largest absolute Gasteiger partial charge is 0.507 e. The number of rotatable bonds is 17. The highest BCUT2D eigenvalue weighted by Crippen LogP contribution is 2.15. The molecule has 0 fully saturated rings. The van der Waals surface area contributed by atoms with Crippen molar-refractivity contribution in [2.75, 3.05) is 6.61 Å². The summed E-state index contributed by atoms with van der Waals surface area (Å²) in [5.41, 5.74) is -0.0671. The Labute approximate surface area is 178 Å². The van der Waals surface area contributed by atoms with E-state index in [1.54, 1.807) is 12.1 Å². The lowest BCUT2D eigenvalue weighted by atomic mass is 10.0. The predicted octanol–water partition coefficient (Wildman–Crippen LogP) is 7.33. The fourth-order valence-corrected chi connectivity index (χ4v) is 3.31. The van der Waals surface area contributed by atoms with Crippen molar-refractivity contribution in [2.45, 2.75) is 110 Å². The topological polar surface area (TPSA) is 77.8 Å². The van der Waals surface area contributed by atoms with E-state index < -0.39 is 5.97 Å². The number of para-hydroxylation sites is 1. The summed E-state index contributed by atoms with van der Waals surface area (Å²) in [5.74, 6) is -1.31. The minimum Gasteiger partial charge on any atom is -0.507 e. The van der Waals surface area contributed by atoms with Crippen molar-refractivity contribution in [1.29, 1.82) is 0 Å². The van der Waals surface area contributed by atoms with Gasteiger partial charge >= 0.3 is 5.97 Å². The first-order chi connectivity index (χ1) is 14.1. The lowest BCUT2D eigenvalue weighted by molar-refractivity contribution is 0.0693. The Balaban J connectivity index is 0.000000651. The number of aliphatic hydroxyl groups is 1. The van der Waals surface area contributed by atoms with Crippen molar-refractivity contribution in [3.63, 3.8) is 0 Å². The molecule has 0 heterocycles. The van der Waals surface area contributed by atoms with Crippen LogP contribution in [0.3, 0.4) is 0 Å². The summed E-state index contributed by atoms with van der Waals surface area (Å²) in [6.45, 7) is 2.66. The molecule has 1 aromatic rings. The predicted molar refractivity (Wildman–Crippen MR) is 122 cm³/mol. The molecule has 0 spiro atoms. The van der Waals surface area contributed by atoms with Crippen molar-refractivity contribution in [3.05, 3.63) is 29.8 Å². The molecule has 1 rings (SSSR count). The fourth-order valence-electron chi connectivity index (χ4n) is 3.31. The van der Waals surface area contributed by atoms with Crippen LogP contribution in [0.1, 0.15) is 120 Å². The SMILES string of the molecule is CCCCCCCCCCCCCCCCCCO.O=C(O)c1ccccc1O. The molecule has 0 aliphatic carbocycles. The number of carbonyl (C=O) groups is 1. The van der Waals surface area contributed by atoms with Crippen LogP contribution in [0.2, 0.25) is 0 Å². The van der Waals surface area contributed by atoms with Crippen LogP contribution in [0.25, 0.3) is 0 Å². The van der Waals surface area contributed by atoms with Gasteiger partial charge in [0, 0.05) is 6.61 Å². The second-order valence-corrected chi connectivity index (χ2v) is 7.85. The molecule has 0 amide bonds. The number of aromatic hydroxyl groups is 1. The summed E-state index contributed by atoms with van der Waals surface area (Å²) in [4.78, 5) is 10.3. The van der Waals surface area contributed by atoms with Gasteiger partial charge in [0.2, 0.25) is 0 Å². The van der Waals surface area contributed by atoms with Gasteiger partial charge in [-0.15, -0.1) is 0 Å². The van der Waals surface area contributed by atoms with Crippen LogP contribution in [0, 0.1) is 0 Å². The second-order valence-electron chi connectivity index (χ2n) is 7.85. The number of hydrogen-bond donors (Lipinski definition) is 3. The molecule has 168 valence electrons. The highest BCUT2D eigenvalue weighted by Gasteiger charge is 2.05. The second kappa shape index (κ2) is 21.2. The van der Waals surface area contributed by atoms with Crippen LogP contribution in [0.5, 0.6) is 5.75 Å². The van der Waals surface area contributed by atoms with E-state index in [0.29, 0.717) is 6.61 Å². The Hall–Kier alpha value is -1.55. The summed E-state index contributed by atoms with van der Waals surface area (Å²) >= 11 is 0. The Kier molecular flexibility index (Phi) is 20.0. The quantitative estimate of drug-likeness (QED) is 0.236. The maximum atomic E-state index is 10.3. The third-order valence-corrected chi connectivity index (χ3v) is 5.15. The van der Waals surface area contributed by atoms with Crippen molar-refractivity contribution < 1.29 is 20.1 Å². The van der Waals surface area contributed by atoms with E-state index in [-0.39, 0.29) is 11.3 Å². The van der Waals surface area contributed by atoms with Gasteiger partial charge in [-0.3, -0.25) is 0 Å². The molecule has 0 aromatic heterocycles. The van der Waals surface area contributed by atoms with E-state index >= 15 is 0 Å². The average molecular weight is 409 g/mol.